The van der Waals surface area contributed by atoms with Crippen LogP contribution in [0.25, 0.3) is 0 Å². The number of nitro benzene ring substituents is 1. The van der Waals surface area contributed by atoms with E-state index in [1.54, 1.807) is 17.0 Å². The van der Waals surface area contributed by atoms with Crippen molar-refractivity contribution in [3.8, 4) is 0 Å². The van der Waals surface area contributed by atoms with Crippen LogP contribution in [0, 0.1) is 16.0 Å². The highest BCUT2D eigenvalue weighted by Gasteiger charge is 2.24. The summed E-state index contributed by atoms with van der Waals surface area (Å²) in [6.07, 6.45) is 1.95. The van der Waals surface area contributed by atoms with Crippen molar-refractivity contribution in [2.75, 3.05) is 26.7 Å². The monoisotopic (exact) mass is 277 g/mol. The van der Waals surface area contributed by atoms with E-state index in [1.165, 1.54) is 12.1 Å². The first-order valence-corrected chi connectivity index (χ1v) is 6.80. The Morgan fingerprint density at radius 2 is 2.15 bits per heavy atom. The van der Waals surface area contributed by atoms with Gasteiger partial charge >= 0.3 is 0 Å². The predicted molar refractivity (Wildman–Crippen MR) is 75.7 cm³/mol. The van der Waals surface area contributed by atoms with E-state index in [4.69, 9.17) is 0 Å². The van der Waals surface area contributed by atoms with E-state index in [1.807, 2.05) is 7.05 Å². The highest BCUT2D eigenvalue weighted by Crippen LogP contribution is 2.20. The third-order valence-electron chi connectivity index (χ3n) is 3.70. The van der Waals surface area contributed by atoms with Gasteiger partial charge in [-0.3, -0.25) is 14.9 Å². The van der Waals surface area contributed by atoms with Gasteiger partial charge in [0.25, 0.3) is 11.6 Å². The number of piperidine rings is 1. The second kappa shape index (κ2) is 6.47. The van der Waals surface area contributed by atoms with Crippen molar-refractivity contribution in [2.24, 2.45) is 5.92 Å². The zero-order chi connectivity index (χ0) is 14.5. The van der Waals surface area contributed by atoms with Gasteiger partial charge < -0.3 is 10.2 Å². The number of nitrogens with zero attached hydrogens (tertiary/aromatic N) is 2. The molecular weight excluding hydrogens is 258 g/mol. The quantitative estimate of drug-likeness (QED) is 0.671. The van der Waals surface area contributed by atoms with E-state index in [0.29, 0.717) is 24.6 Å². The molecule has 0 saturated carbocycles. The summed E-state index contributed by atoms with van der Waals surface area (Å²) in [5.41, 5.74) is 0.354. The molecule has 0 atom stereocenters. The number of nitro groups is 1. The molecule has 1 N–H and O–H groups in total. The fourth-order valence-corrected chi connectivity index (χ4v) is 2.56. The van der Waals surface area contributed by atoms with Crippen molar-refractivity contribution < 1.29 is 9.72 Å². The highest BCUT2D eigenvalue weighted by atomic mass is 16.6. The highest BCUT2D eigenvalue weighted by molar-refractivity contribution is 5.94. The lowest BCUT2D eigenvalue weighted by atomic mass is 9.96. The van der Waals surface area contributed by atoms with Gasteiger partial charge in [-0.05, 0) is 38.4 Å². The summed E-state index contributed by atoms with van der Waals surface area (Å²) in [6.45, 7) is 2.40. The van der Waals surface area contributed by atoms with Crippen LogP contribution >= 0.6 is 0 Å². The molecule has 2 rings (SSSR count). The Bertz CT molecular complexity index is 496. The molecule has 6 nitrogen and oxygen atoms in total. The van der Waals surface area contributed by atoms with Crippen LogP contribution in [0.2, 0.25) is 0 Å². The number of likely N-dealkylation sites (tertiary alicyclic amines) is 1. The molecule has 0 unspecified atom stereocenters. The number of rotatable bonds is 4. The maximum Gasteiger partial charge on any atom is 0.270 e. The van der Waals surface area contributed by atoms with E-state index in [0.717, 1.165) is 19.4 Å². The first-order chi connectivity index (χ1) is 9.61. The number of non-ortho nitro benzene ring substituents is 1. The molecular formula is C14H19N3O3. The third kappa shape index (κ3) is 3.33. The molecule has 1 amide bonds. The minimum atomic E-state index is -0.476. The van der Waals surface area contributed by atoms with Crippen LogP contribution in [-0.4, -0.2) is 42.4 Å². The first kappa shape index (κ1) is 14.5. The summed E-state index contributed by atoms with van der Waals surface area (Å²) in [6, 6.07) is 5.94. The van der Waals surface area contributed by atoms with Crippen molar-refractivity contribution in [1.82, 2.24) is 10.2 Å². The number of amides is 1. The van der Waals surface area contributed by atoms with Crippen LogP contribution in [0.1, 0.15) is 23.2 Å². The lowest BCUT2D eigenvalue weighted by Crippen LogP contribution is -2.40. The number of benzene rings is 1. The Balaban J connectivity index is 2.02. The standard InChI is InChI=1S/C14H19N3O3/c1-15-10-11-5-7-16(8-6-11)14(18)12-3-2-4-13(9-12)17(19)20/h2-4,9,11,15H,5-8,10H2,1H3. The molecule has 1 fully saturated rings. The summed E-state index contributed by atoms with van der Waals surface area (Å²) in [7, 11) is 1.93. The summed E-state index contributed by atoms with van der Waals surface area (Å²) in [4.78, 5) is 24.4. The maximum absolute atomic E-state index is 12.3. The van der Waals surface area contributed by atoms with Gasteiger partial charge in [0.1, 0.15) is 0 Å². The molecule has 0 radical (unpaired) electrons. The molecule has 1 aromatic carbocycles. The summed E-state index contributed by atoms with van der Waals surface area (Å²) >= 11 is 0. The largest absolute Gasteiger partial charge is 0.339 e. The van der Waals surface area contributed by atoms with Gasteiger partial charge in [0.15, 0.2) is 0 Å². The molecule has 0 aromatic heterocycles. The zero-order valence-corrected chi connectivity index (χ0v) is 11.5. The van der Waals surface area contributed by atoms with E-state index in [-0.39, 0.29) is 11.6 Å². The van der Waals surface area contributed by atoms with Crippen LogP contribution in [0.15, 0.2) is 24.3 Å². The van der Waals surface area contributed by atoms with Gasteiger partial charge in [0.2, 0.25) is 0 Å². The molecule has 1 aliphatic heterocycles. The number of hydrogen-bond acceptors (Lipinski definition) is 4. The Morgan fingerprint density at radius 1 is 1.45 bits per heavy atom. The van der Waals surface area contributed by atoms with Crippen LogP contribution in [0.4, 0.5) is 5.69 Å². The molecule has 108 valence electrons. The Kier molecular flexibility index (Phi) is 4.68. The maximum atomic E-state index is 12.3. The average molecular weight is 277 g/mol. The SMILES string of the molecule is CNCC1CCN(C(=O)c2cccc([N+](=O)[O-])c2)CC1. The van der Waals surface area contributed by atoms with E-state index in [2.05, 4.69) is 5.32 Å². The van der Waals surface area contributed by atoms with Crippen LogP contribution in [-0.2, 0) is 0 Å². The molecule has 1 saturated heterocycles. The Hall–Kier alpha value is -1.95. The Morgan fingerprint density at radius 3 is 2.75 bits per heavy atom. The topological polar surface area (TPSA) is 75.5 Å². The van der Waals surface area contributed by atoms with Gasteiger partial charge in [-0.25, -0.2) is 0 Å². The van der Waals surface area contributed by atoms with Crippen molar-refractivity contribution in [2.45, 2.75) is 12.8 Å². The first-order valence-electron chi connectivity index (χ1n) is 6.80. The normalized spacial score (nSPS) is 16.1. The summed E-state index contributed by atoms with van der Waals surface area (Å²) in [5, 5.41) is 13.9. The van der Waals surface area contributed by atoms with Crippen LogP contribution in [0.5, 0.6) is 0 Å². The third-order valence-corrected chi connectivity index (χ3v) is 3.70. The predicted octanol–water partition coefficient (Wildman–Crippen LogP) is 1.67. The van der Waals surface area contributed by atoms with Crippen molar-refractivity contribution >= 4 is 11.6 Å². The number of carbonyl (C=O) groups excluding carboxylic acids is 1. The van der Waals surface area contributed by atoms with Crippen molar-refractivity contribution in [1.29, 1.82) is 0 Å². The smallest absolute Gasteiger partial charge is 0.270 e. The van der Waals surface area contributed by atoms with Crippen LogP contribution in [0.3, 0.4) is 0 Å². The van der Waals surface area contributed by atoms with E-state index in [9.17, 15) is 14.9 Å². The van der Waals surface area contributed by atoms with Crippen molar-refractivity contribution in [3.05, 3.63) is 39.9 Å². The fraction of sp³-hybridized carbons (Fsp3) is 0.500. The second-order valence-electron chi connectivity index (χ2n) is 5.10. The Labute approximate surface area is 117 Å². The summed E-state index contributed by atoms with van der Waals surface area (Å²) in [5.74, 6) is 0.491. The number of carbonyl (C=O) groups is 1. The zero-order valence-electron chi connectivity index (χ0n) is 11.5. The number of hydrogen-bond donors (Lipinski definition) is 1. The molecule has 1 heterocycles. The van der Waals surface area contributed by atoms with E-state index >= 15 is 0 Å². The summed E-state index contributed by atoms with van der Waals surface area (Å²) < 4.78 is 0. The molecule has 0 spiro atoms. The van der Waals surface area contributed by atoms with Crippen molar-refractivity contribution in [3.63, 3.8) is 0 Å². The lowest BCUT2D eigenvalue weighted by Gasteiger charge is -2.32. The molecule has 6 heteroatoms. The van der Waals surface area contributed by atoms with Gasteiger partial charge in [0.05, 0.1) is 4.92 Å². The minimum absolute atomic E-state index is 0.0408. The van der Waals surface area contributed by atoms with Gasteiger partial charge in [-0.2, -0.15) is 0 Å². The van der Waals surface area contributed by atoms with Crippen LogP contribution < -0.4 is 5.32 Å². The number of nitrogens with one attached hydrogen (secondary N) is 1. The average Bonchev–Trinajstić information content (AvgIpc) is 2.48. The minimum Gasteiger partial charge on any atom is -0.339 e. The molecule has 0 aliphatic carbocycles. The molecule has 0 bridgehead atoms. The molecule has 20 heavy (non-hydrogen) atoms. The van der Waals surface area contributed by atoms with E-state index < -0.39 is 4.92 Å². The van der Waals surface area contributed by atoms with Gasteiger partial charge in [0, 0.05) is 30.8 Å². The molecule has 1 aromatic rings. The second-order valence-corrected chi connectivity index (χ2v) is 5.10. The van der Waals surface area contributed by atoms with Gasteiger partial charge in [-0.1, -0.05) is 6.07 Å². The molecule has 1 aliphatic rings. The van der Waals surface area contributed by atoms with Gasteiger partial charge in [-0.15, -0.1) is 0 Å². The lowest BCUT2D eigenvalue weighted by molar-refractivity contribution is -0.384. The fourth-order valence-electron chi connectivity index (χ4n) is 2.56.